The molecule has 0 aliphatic heterocycles. The summed E-state index contributed by atoms with van der Waals surface area (Å²) in [7, 11) is 0. The first-order valence-electron chi connectivity index (χ1n) is 5.47. The monoisotopic (exact) mass is 237 g/mol. The number of unbranched alkanes of at least 4 members (excludes halogenated alkanes) is 1. The van der Waals surface area contributed by atoms with Crippen LogP contribution >= 0.6 is 11.6 Å². The van der Waals surface area contributed by atoms with Crippen LogP contribution in [0.2, 0.25) is 5.15 Å². The fourth-order valence-electron chi connectivity index (χ4n) is 1.30. The fourth-order valence-corrected chi connectivity index (χ4v) is 1.50. The first-order chi connectivity index (χ1) is 7.76. The number of rotatable bonds is 6. The van der Waals surface area contributed by atoms with Gasteiger partial charge in [-0.25, -0.2) is 9.97 Å². The van der Waals surface area contributed by atoms with Crippen LogP contribution in [0.1, 0.15) is 32.0 Å². The van der Waals surface area contributed by atoms with E-state index in [1.165, 1.54) is 0 Å². The van der Waals surface area contributed by atoms with Crippen molar-refractivity contribution in [2.45, 2.75) is 32.6 Å². The lowest BCUT2D eigenvalue weighted by atomic mass is 10.3. The van der Waals surface area contributed by atoms with Gasteiger partial charge < -0.3 is 5.32 Å². The third-order valence-electron chi connectivity index (χ3n) is 2.02. The van der Waals surface area contributed by atoms with Crippen molar-refractivity contribution in [2.75, 3.05) is 11.9 Å². The molecule has 1 rings (SSSR count). The van der Waals surface area contributed by atoms with Crippen molar-refractivity contribution in [2.24, 2.45) is 0 Å². The van der Waals surface area contributed by atoms with Crippen LogP contribution in [0.3, 0.4) is 0 Å². The van der Waals surface area contributed by atoms with Crippen LogP contribution in [0.5, 0.6) is 0 Å². The molecule has 0 aliphatic carbocycles. The summed E-state index contributed by atoms with van der Waals surface area (Å²) < 4.78 is 0. The minimum atomic E-state index is 0.484. The van der Waals surface area contributed by atoms with Crippen LogP contribution in [0.4, 0.5) is 5.82 Å². The highest BCUT2D eigenvalue weighted by atomic mass is 35.5. The summed E-state index contributed by atoms with van der Waals surface area (Å²) in [5.41, 5.74) is 0. The summed E-state index contributed by atoms with van der Waals surface area (Å²) in [5, 5.41) is 3.67. The maximum absolute atomic E-state index is 5.90. The summed E-state index contributed by atoms with van der Waals surface area (Å²) in [6, 6.07) is 1.73. The van der Waals surface area contributed by atoms with E-state index < -0.39 is 0 Å². The number of hydrogen-bond acceptors (Lipinski definition) is 3. The lowest BCUT2D eigenvalue weighted by Gasteiger charge is -2.06. The normalized spacial score (nSPS) is 9.81. The molecule has 1 heterocycles. The molecule has 0 bridgehead atoms. The van der Waals surface area contributed by atoms with Gasteiger partial charge in [-0.1, -0.05) is 18.5 Å². The van der Waals surface area contributed by atoms with Crippen LogP contribution < -0.4 is 5.32 Å². The lowest BCUT2D eigenvalue weighted by Crippen LogP contribution is -2.05. The number of anilines is 1. The molecule has 0 fully saturated rings. The summed E-state index contributed by atoms with van der Waals surface area (Å²) in [6.45, 7) is 2.90. The van der Waals surface area contributed by atoms with Gasteiger partial charge >= 0.3 is 0 Å². The highest BCUT2D eigenvalue weighted by Gasteiger charge is 2.01. The molecule has 1 N–H and O–H groups in total. The van der Waals surface area contributed by atoms with Crippen molar-refractivity contribution in [3.63, 3.8) is 0 Å². The number of nitrogens with zero attached hydrogens (tertiary/aromatic N) is 2. The molecule has 0 atom stereocenters. The number of halogens is 1. The topological polar surface area (TPSA) is 37.8 Å². The Morgan fingerprint density at radius 2 is 2.31 bits per heavy atom. The molecule has 0 radical (unpaired) electrons. The summed E-state index contributed by atoms with van der Waals surface area (Å²) >= 11 is 5.90. The minimum Gasteiger partial charge on any atom is -0.370 e. The molecule has 4 heteroatoms. The number of aryl methyl sites for hydroxylation is 1. The van der Waals surface area contributed by atoms with E-state index in [1.807, 2.05) is 0 Å². The van der Waals surface area contributed by atoms with E-state index >= 15 is 0 Å². The molecule has 86 valence electrons. The van der Waals surface area contributed by atoms with Crippen molar-refractivity contribution >= 4 is 17.4 Å². The third kappa shape index (κ3) is 4.50. The zero-order valence-corrected chi connectivity index (χ0v) is 10.2. The Hall–Kier alpha value is -1.27. The van der Waals surface area contributed by atoms with Crippen LogP contribution in [0.25, 0.3) is 0 Å². The fraction of sp³-hybridized carbons (Fsp3) is 0.500. The largest absolute Gasteiger partial charge is 0.370 e. The second-order valence-corrected chi connectivity index (χ2v) is 3.86. The second-order valence-electron chi connectivity index (χ2n) is 3.48. The van der Waals surface area contributed by atoms with Gasteiger partial charge in [0.15, 0.2) is 0 Å². The molecule has 0 saturated heterocycles. The highest BCUT2D eigenvalue weighted by molar-refractivity contribution is 6.29. The first-order valence-corrected chi connectivity index (χ1v) is 5.85. The molecule has 0 amide bonds. The van der Waals surface area contributed by atoms with Crippen molar-refractivity contribution in [3.05, 3.63) is 17.0 Å². The molecule has 16 heavy (non-hydrogen) atoms. The molecule has 0 aliphatic rings. The van der Waals surface area contributed by atoms with Gasteiger partial charge in [0.05, 0.1) is 0 Å². The van der Waals surface area contributed by atoms with Crippen LogP contribution in [0, 0.1) is 12.3 Å². The Labute approximate surface area is 102 Å². The third-order valence-corrected chi connectivity index (χ3v) is 2.21. The van der Waals surface area contributed by atoms with E-state index in [1.54, 1.807) is 6.07 Å². The van der Waals surface area contributed by atoms with Gasteiger partial charge in [-0.3, -0.25) is 0 Å². The van der Waals surface area contributed by atoms with Gasteiger partial charge in [0.1, 0.15) is 16.8 Å². The standard InChI is InChI=1S/C12H16ClN3/c1-3-5-6-8-14-12-9-10(13)15-11(16-12)7-4-2/h1,9H,4-8H2,2H3,(H,14,15,16). The van der Waals surface area contributed by atoms with Gasteiger partial charge in [0, 0.05) is 25.5 Å². The van der Waals surface area contributed by atoms with Crippen molar-refractivity contribution < 1.29 is 0 Å². The van der Waals surface area contributed by atoms with Crippen molar-refractivity contribution in [1.29, 1.82) is 0 Å². The highest BCUT2D eigenvalue weighted by Crippen LogP contribution is 2.12. The Bertz CT molecular complexity index is 371. The van der Waals surface area contributed by atoms with Crippen LogP contribution in [0.15, 0.2) is 6.07 Å². The van der Waals surface area contributed by atoms with E-state index in [0.29, 0.717) is 5.15 Å². The maximum Gasteiger partial charge on any atom is 0.134 e. The number of terminal acetylenes is 1. The smallest absolute Gasteiger partial charge is 0.134 e. The lowest BCUT2D eigenvalue weighted by molar-refractivity contribution is 0.829. The zero-order valence-electron chi connectivity index (χ0n) is 9.46. The average Bonchev–Trinajstić information content (AvgIpc) is 2.24. The number of hydrogen-bond donors (Lipinski definition) is 1. The molecule has 1 aromatic rings. The number of aromatic nitrogens is 2. The van der Waals surface area contributed by atoms with Gasteiger partial charge in [-0.2, -0.15) is 0 Å². The SMILES string of the molecule is C#CCCCNc1cc(Cl)nc(CCC)n1. The van der Waals surface area contributed by atoms with E-state index in [2.05, 4.69) is 28.1 Å². The molecule has 0 aromatic carbocycles. The van der Waals surface area contributed by atoms with E-state index in [9.17, 15) is 0 Å². The molecule has 0 saturated carbocycles. The molecule has 0 spiro atoms. The van der Waals surface area contributed by atoms with Crippen molar-refractivity contribution in [1.82, 2.24) is 9.97 Å². The summed E-state index contributed by atoms with van der Waals surface area (Å²) in [4.78, 5) is 8.51. The van der Waals surface area contributed by atoms with Crippen LogP contribution in [-0.4, -0.2) is 16.5 Å². The predicted molar refractivity (Wildman–Crippen MR) is 67.6 cm³/mol. The predicted octanol–water partition coefficient (Wildman–Crippen LogP) is 2.91. The quantitative estimate of drug-likeness (QED) is 0.470. The van der Waals surface area contributed by atoms with Gasteiger partial charge in [-0.15, -0.1) is 12.3 Å². The Morgan fingerprint density at radius 1 is 1.50 bits per heavy atom. The molecule has 3 nitrogen and oxygen atoms in total. The van der Waals surface area contributed by atoms with Crippen molar-refractivity contribution in [3.8, 4) is 12.3 Å². The first kappa shape index (κ1) is 12.8. The average molecular weight is 238 g/mol. The molecule has 0 unspecified atom stereocenters. The molecule has 1 aromatic heterocycles. The molecular formula is C12H16ClN3. The van der Waals surface area contributed by atoms with Gasteiger partial charge in [0.25, 0.3) is 0 Å². The Kier molecular flexibility index (Phi) is 5.66. The van der Waals surface area contributed by atoms with E-state index in [0.717, 1.165) is 43.9 Å². The number of nitrogens with one attached hydrogen (secondary N) is 1. The van der Waals surface area contributed by atoms with Crippen LogP contribution in [-0.2, 0) is 6.42 Å². The second kappa shape index (κ2) is 7.08. The van der Waals surface area contributed by atoms with E-state index in [-0.39, 0.29) is 0 Å². The Morgan fingerprint density at radius 3 is 3.00 bits per heavy atom. The Balaban J connectivity index is 2.55. The zero-order chi connectivity index (χ0) is 11.8. The summed E-state index contributed by atoms with van der Waals surface area (Å²) in [5.74, 6) is 4.16. The maximum atomic E-state index is 5.90. The summed E-state index contributed by atoms with van der Waals surface area (Å²) in [6.07, 6.45) is 8.73. The van der Waals surface area contributed by atoms with E-state index in [4.69, 9.17) is 18.0 Å². The minimum absolute atomic E-state index is 0.484. The van der Waals surface area contributed by atoms with Gasteiger partial charge in [-0.05, 0) is 12.8 Å². The molecular weight excluding hydrogens is 222 g/mol. The van der Waals surface area contributed by atoms with Gasteiger partial charge in [0.2, 0.25) is 0 Å².